The molecule has 0 fully saturated rings. The molecule has 0 aliphatic heterocycles. The Balaban J connectivity index is 2.83. The number of hydroxylamine groups is 2. The van der Waals surface area contributed by atoms with Crippen LogP contribution in [0.2, 0.25) is 0 Å². The maximum absolute atomic E-state index is 10.0. The number of ether oxygens (including phenoxy) is 2. The van der Waals surface area contributed by atoms with E-state index in [-0.39, 0.29) is 12.6 Å². The molecule has 1 aromatic carbocycles. The van der Waals surface area contributed by atoms with Crippen molar-refractivity contribution in [3.05, 3.63) is 23.8 Å². The highest BCUT2D eigenvalue weighted by atomic mass is 16.5. The molecule has 0 aliphatic carbocycles. The third-order valence-electron chi connectivity index (χ3n) is 2.75. The number of aliphatic hydroxyl groups excluding tert-OH is 1. The molecule has 0 amide bonds. The van der Waals surface area contributed by atoms with Crippen molar-refractivity contribution in [2.24, 2.45) is 0 Å². The van der Waals surface area contributed by atoms with Crippen molar-refractivity contribution in [3.63, 3.8) is 0 Å². The van der Waals surface area contributed by atoms with Crippen molar-refractivity contribution in [1.29, 1.82) is 0 Å². The van der Waals surface area contributed by atoms with E-state index in [4.69, 9.17) is 9.47 Å². The number of hydrogen-bond acceptors (Lipinski definition) is 5. The Labute approximate surface area is 108 Å². The van der Waals surface area contributed by atoms with E-state index in [2.05, 4.69) is 0 Å². The first-order chi connectivity index (χ1) is 8.49. The standard InChI is InChI=1S/C13H21NO4/c1-9(2)14(16)8-11(15)10-5-6-12(17-3)13(7-10)18-4/h5-7,9,11,15-16H,8H2,1-4H3/t11-/m0/s1. The van der Waals surface area contributed by atoms with Gasteiger partial charge in [-0.3, -0.25) is 0 Å². The van der Waals surface area contributed by atoms with Crippen LogP contribution in [0.3, 0.4) is 0 Å². The summed E-state index contributed by atoms with van der Waals surface area (Å²) >= 11 is 0. The molecule has 102 valence electrons. The largest absolute Gasteiger partial charge is 0.493 e. The first-order valence-corrected chi connectivity index (χ1v) is 5.85. The second-order valence-electron chi connectivity index (χ2n) is 4.35. The van der Waals surface area contributed by atoms with E-state index in [1.807, 2.05) is 13.8 Å². The maximum Gasteiger partial charge on any atom is 0.161 e. The van der Waals surface area contributed by atoms with Crippen LogP contribution in [0, 0.1) is 0 Å². The first kappa shape index (κ1) is 14.8. The molecule has 0 saturated carbocycles. The van der Waals surface area contributed by atoms with E-state index in [0.29, 0.717) is 17.1 Å². The molecule has 0 radical (unpaired) electrons. The van der Waals surface area contributed by atoms with Crippen molar-refractivity contribution in [2.45, 2.75) is 26.0 Å². The zero-order chi connectivity index (χ0) is 13.7. The van der Waals surface area contributed by atoms with Gasteiger partial charge in [0.05, 0.1) is 26.9 Å². The molecule has 2 N–H and O–H groups in total. The minimum atomic E-state index is -0.780. The highest BCUT2D eigenvalue weighted by Gasteiger charge is 2.16. The predicted octanol–water partition coefficient (Wildman–Crippen LogP) is 1.84. The third-order valence-corrected chi connectivity index (χ3v) is 2.75. The zero-order valence-electron chi connectivity index (χ0n) is 11.3. The number of aliphatic hydroxyl groups is 1. The van der Waals surface area contributed by atoms with Crippen LogP contribution in [0.4, 0.5) is 0 Å². The summed E-state index contributed by atoms with van der Waals surface area (Å²) < 4.78 is 10.3. The van der Waals surface area contributed by atoms with Gasteiger partial charge in [0.2, 0.25) is 0 Å². The molecule has 1 aromatic rings. The Kier molecular flexibility index (Phi) is 5.40. The minimum Gasteiger partial charge on any atom is -0.493 e. The van der Waals surface area contributed by atoms with E-state index in [0.717, 1.165) is 5.06 Å². The molecular weight excluding hydrogens is 234 g/mol. The monoisotopic (exact) mass is 255 g/mol. The lowest BCUT2D eigenvalue weighted by molar-refractivity contribution is -0.137. The maximum atomic E-state index is 10.0. The van der Waals surface area contributed by atoms with E-state index in [1.54, 1.807) is 32.4 Å². The fraction of sp³-hybridized carbons (Fsp3) is 0.538. The van der Waals surface area contributed by atoms with Crippen LogP contribution in [0.1, 0.15) is 25.5 Å². The van der Waals surface area contributed by atoms with E-state index in [1.165, 1.54) is 0 Å². The fourth-order valence-corrected chi connectivity index (χ4v) is 1.55. The molecule has 18 heavy (non-hydrogen) atoms. The molecule has 0 unspecified atom stereocenters. The molecule has 5 nitrogen and oxygen atoms in total. The Morgan fingerprint density at radius 3 is 2.28 bits per heavy atom. The number of nitrogens with zero attached hydrogens (tertiary/aromatic N) is 1. The highest BCUT2D eigenvalue weighted by Crippen LogP contribution is 2.30. The Morgan fingerprint density at radius 2 is 1.78 bits per heavy atom. The lowest BCUT2D eigenvalue weighted by atomic mass is 10.1. The summed E-state index contributed by atoms with van der Waals surface area (Å²) in [7, 11) is 3.10. The lowest BCUT2D eigenvalue weighted by Gasteiger charge is -2.22. The van der Waals surface area contributed by atoms with Crippen molar-refractivity contribution in [3.8, 4) is 11.5 Å². The summed E-state index contributed by atoms with van der Waals surface area (Å²) in [5.74, 6) is 1.17. The fourth-order valence-electron chi connectivity index (χ4n) is 1.55. The molecule has 0 heterocycles. The summed E-state index contributed by atoms with van der Waals surface area (Å²) in [5.41, 5.74) is 0.673. The number of methoxy groups -OCH3 is 2. The van der Waals surface area contributed by atoms with Crippen LogP contribution in [0.5, 0.6) is 11.5 Å². The van der Waals surface area contributed by atoms with E-state index < -0.39 is 6.10 Å². The highest BCUT2D eigenvalue weighted by molar-refractivity contribution is 5.43. The lowest BCUT2D eigenvalue weighted by Crippen LogP contribution is -2.31. The quantitative estimate of drug-likeness (QED) is 0.759. The normalized spacial score (nSPS) is 12.9. The topological polar surface area (TPSA) is 62.2 Å². The average molecular weight is 255 g/mol. The molecule has 0 saturated heterocycles. The van der Waals surface area contributed by atoms with Gasteiger partial charge in [0.1, 0.15) is 0 Å². The predicted molar refractivity (Wildman–Crippen MR) is 68.1 cm³/mol. The second kappa shape index (κ2) is 6.58. The van der Waals surface area contributed by atoms with Gasteiger partial charge in [0, 0.05) is 6.04 Å². The van der Waals surface area contributed by atoms with Gasteiger partial charge in [-0.2, -0.15) is 5.06 Å². The third kappa shape index (κ3) is 3.60. The first-order valence-electron chi connectivity index (χ1n) is 5.85. The average Bonchev–Trinajstić information content (AvgIpc) is 2.37. The van der Waals surface area contributed by atoms with Gasteiger partial charge in [-0.1, -0.05) is 6.07 Å². The molecule has 0 aromatic heterocycles. The van der Waals surface area contributed by atoms with Crippen molar-refractivity contribution in [2.75, 3.05) is 20.8 Å². The summed E-state index contributed by atoms with van der Waals surface area (Å²) in [4.78, 5) is 0. The molecule has 0 bridgehead atoms. The zero-order valence-corrected chi connectivity index (χ0v) is 11.3. The van der Waals surface area contributed by atoms with Gasteiger partial charge in [-0.15, -0.1) is 0 Å². The Hall–Kier alpha value is -1.30. The molecule has 1 rings (SSSR count). The van der Waals surface area contributed by atoms with E-state index in [9.17, 15) is 10.3 Å². The summed E-state index contributed by atoms with van der Waals surface area (Å²) in [6.45, 7) is 3.84. The molecule has 0 aliphatic rings. The second-order valence-corrected chi connectivity index (χ2v) is 4.35. The number of rotatable bonds is 6. The van der Waals surface area contributed by atoms with Gasteiger partial charge in [0.15, 0.2) is 11.5 Å². The van der Waals surface area contributed by atoms with Crippen LogP contribution in [-0.2, 0) is 0 Å². The van der Waals surface area contributed by atoms with Gasteiger partial charge in [0.25, 0.3) is 0 Å². The van der Waals surface area contributed by atoms with Gasteiger partial charge < -0.3 is 19.8 Å². The number of benzene rings is 1. The molecular formula is C13H21NO4. The Morgan fingerprint density at radius 1 is 1.17 bits per heavy atom. The van der Waals surface area contributed by atoms with Gasteiger partial charge in [-0.05, 0) is 31.5 Å². The summed E-state index contributed by atoms with van der Waals surface area (Å²) in [5, 5.41) is 20.7. The Bertz CT molecular complexity index is 381. The SMILES string of the molecule is COc1ccc([C@@H](O)CN(O)C(C)C)cc1OC. The molecule has 1 atom stereocenters. The van der Waals surface area contributed by atoms with Crippen LogP contribution in [-0.4, -0.2) is 42.2 Å². The van der Waals surface area contributed by atoms with Crippen LogP contribution in [0.15, 0.2) is 18.2 Å². The van der Waals surface area contributed by atoms with Gasteiger partial charge in [-0.25, -0.2) is 0 Å². The molecule has 0 spiro atoms. The van der Waals surface area contributed by atoms with Gasteiger partial charge >= 0.3 is 0 Å². The molecule has 5 heteroatoms. The van der Waals surface area contributed by atoms with Crippen molar-refractivity contribution in [1.82, 2.24) is 5.06 Å². The smallest absolute Gasteiger partial charge is 0.161 e. The summed E-state index contributed by atoms with van der Waals surface area (Å²) in [6, 6.07) is 5.14. The summed E-state index contributed by atoms with van der Waals surface area (Å²) in [6.07, 6.45) is -0.780. The van der Waals surface area contributed by atoms with E-state index >= 15 is 0 Å². The van der Waals surface area contributed by atoms with Crippen LogP contribution in [0.25, 0.3) is 0 Å². The van der Waals surface area contributed by atoms with Crippen molar-refractivity contribution < 1.29 is 19.8 Å². The van der Waals surface area contributed by atoms with Crippen molar-refractivity contribution >= 4 is 0 Å². The number of hydrogen-bond donors (Lipinski definition) is 2. The van der Waals surface area contributed by atoms with Crippen LogP contribution < -0.4 is 9.47 Å². The van der Waals surface area contributed by atoms with Crippen LogP contribution >= 0.6 is 0 Å². The minimum absolute atomic E-state index is 0.0419.